The zero-order chi connectivity index (χ0) is 11.5. The van der Waals surface area contributed by atoms with Crippen molar-refractivity contribution >= 4 is 17.4 Å². The molecule has 0 saturated heterocycles. The first-order chi connectivity index (χ1) is 6.91. The number of aryl methyl sites for hydroxylation is 1. The number of halogens is 1. The van der Waals surface area contributed by atoms with Crippen LogP contribution >= 0.6 is 11.6 Å². The number of rotatable bonds is 3. The van der Waals surface area contributed by atoms with Crippen LogP contribution in [0.25, 0.3) is 0 Å². The van der Waals surface area contributed by atoms with Gasteiger partial charge in [0.15, 0.2) is 0 Å². The van der Waals surface area contributed by atoms with Gasteiger partial charge in [-0.15, -0.1) is 11.6 Å². The summed E-state index contributed by atoms with van der Waals surface area (Å²) >= 11 is 6.25. The van der Waals surface area contributed by atoms with Crippen LogP contribution in [0.1, 0.15) is 26.5 Å². The van der Waals surface area contributed by atoms with E-state index in [1.807, 2.05) is 6.92 Å². The highest BCUT2D eigenvalue weighted by Crippen LogP contribution is 2.24. The maximum Gasteiger partial charge on any atom is 0.147 e. The van der Waals surface area contributed by atoms with Crippen LogP contribution in [-0.2, 0) is 0 Å². The van der Waals surface area contributed by atoms with Crippen molar-refractivity contribution < 1.29 is 0 Å². The zero-order valence-corrected chi connectivity index (χ0v) is 10.5. The fourth-order valence-corrected chi connectivity index (χ4v) is 1.15. The second-order valence-electron chi connectivity index (χ2n) is 4.70. The van der Waals surface area contributed by atoms with Crippen molar-refractivity contribution in [2.45, 2.75) is 33.1 Å². The van der Waals surface area contributed by atoms with Crippen molar-refractivity contribution in [3.63, 3.8) is 0 Å². The summed E-state index contributed by atoms with van der Waals surface area (Å²) in [5, 5.41) is 3.28. The Kier molecular flexibility index (Phi) is 3.91. The Labute approximate surface area is 96.3 Å². The number of alkyl halides is 1. The predicted molar refractivity (Wildman–Crippen MR) is 64.4 cm³/mol. The van der Waals surface area contributed by atoms with Crippen LogP contribution in [0.4, 0.5) is 5.82 Å². The van der Waals surface area contributed by atoms with Crippen LogP contribution in [0.3, 0.4) is 0 Å². The minimum Gasteiger partial charge on any atom is -0.367 e. The highest BCUT2D eigenvalue weighted by atomic mass is 35.5. The van der Waals surface area contributed by atoms with E-state index in [1.54, 1.807) is 12.4 Å². The molecule has 0 aliphatic rings. The van der Waals surface area contributed by atoms with Crippen LogP contribution in [0.5, 0.6) is 0 Å². The third-order valence-electron chi connectivity index (χ3n) is 2.27. The van der Waals surface area contributed by atoms with Gasteiger partial charge in [0.25, 0.3) is 0 Å². The fourth-order valence-electron chi connectivity index (χ4n) is 1.07. The maximum atomic E-state index is 6.25. The van der Waals surface area contributed by atoms with Crippen LogP contribution in [0, 0.1) is 12.3 Å². The average molecular weight is 228 g/mol. The van der Waals surface area contributed by atoms with E-state index in [0.717, 1.165) is 11.5 Å². The molecule has 0 aromatic carbocycles. The van der Waals surface area contributed by atoms with Gasteiger partial charge < -0.3 is 5.32 Å². The highest BCUT2D eigenvalue weighted by Gasteiger charge is 2.22. The second-order valence-corrected chi connectivity index (χ2v) is 5.23. The van der Waals surface area contributed by atoms with Gasteiger partial charge in [0.2, 0.25) is 0 Å². The molecule has 0 amide bonds. The van der Waals surface area contributed by atoms with Crippen LogP contribution < -0.4 is 5.32 Å². The molecule has 15 heavy (non-hydrogen) atoms. The molecule has 3 nitrogen and oxygen atoms in total. The lowest BCUT2D eigenvalue weighted by Crippen LogP contribution is -2.28. The molecule has 0 bridgehead atoms. The molecule has 1 unspecified atom stereocenters. The fraction of sp³-hybridized carbons (Fsp3) is 0.636. The monoisotopic (exact) mass is 227 g/mol. The van der Waals surface area contributed by atoms with Gasteiger partial charge in [0.05, 0.1) is 11.1 Å². The Morgan fingerprint density at radius 3 is 2.47 bits per heavy atom. The van der Waals surface area contributed by atoms with Gasteiger partial charge >= 0.3 is 0 Å². The number of nitrogens with zero attached hydrogens (tertiary/aromatic N) is 2. The summed E-state index contributed by atoms with van der Waals surface area (Å²) in [6, 6.07) is 0. The van der Waals surface area contributed by atoms with E-state index >= 15 is 0 Å². The van der Waals surface area contributed by atoms with Crippen LogP contribution in [0.15, 0.2) is 12.4 Å². The topological polar surface area (TPSA) is 37.8 Å². The normalized spacial score (nSPS) is 13.7. The molecule has 84 valence electrons. The van der Waals surface area contributed by atoms with Crippen molar-refractivity contribution in [1.82, 2.24) is 9.97 Å². The smallest absolute Gasteiger partial charge is 0.147 e. The summed E-state index contributed by atoms with van der Waals surface area (Å²) < 4.78 is 0. The van der Waals surface area contributed by atoms with Crippen molar-refractivity contribution in [3.8, 4) is 0 Å². The van der Waals surface area contributed by atoms with Gasteiger partial charge in [-0.05, 0) is 12.3 Å². The molecule has 1 N–H and O–H groups in total. The van der Waals surface area contributed by atoms with Gasteiger partial charge in [-0.2, -0.15) is 0 Å². The quantitative estimate of drug-likeness (QED) is 0.807. The minimum atomic E-state index is 0.0684. The third-order valence-corrected chi connectivity index (χ3v) is 3.08. The standard InChI is InChI=1S/C11H18ClN3/c1-8-10(14-6-5-13-8)15-7-9(12)11(2,3)4/h5-6,9H,7H2,1-4H3,(H,14,15). The highest BCUT2D eigenvalue weighted by molar-refractivity contribution is 6.21. The minimum absolute atomic E-state index is 0.0684. The molecular formula is C11H18ClN3. The molecule has 0 radical (unpaired) electrons. The van der Waals surface area contributed by atoms with E-state index in [0.29, 0.717) is 6.54 Å². The number of aromatic nitrogens is 2. The maximum absolute atomic E-state index is 6.25. The van der Waals surface area contributed by atoms with E-state index in [4.69, 9.17) is 11.6 Å². The van der Waals surface area contributed by atoms with Crippen LogP contribution in [0.2, 0.25) is 0 Å². The predicted octanol–water partition coefficient (Wildman–Crippen LogP) is 2.85. The second kappa shape index (κ2) is 4.79. The first-order valence-electron chi connectivity index (χ1n) is 5.07. The van der Waals surface area contributed by atoms with E-state index in [-0.39, 0.29) is 10.8 Å². The molecule has 1 aromatic rings. The molecule has 1 aromatic heterocycles. The summed E-state index contributed by atoms with van der Waals surface area (Å²) in [6.07, 6.45) is 3.36. The zero-order valence-electron chi connectivity index (χ0n) is 9.71. The Morgan fingerprint density at radius 1 is 1.33 bits per heavy atom. The first-order valence-corrected chi connectivity index (χ1v) is 5.50. The lowest BCUT2D eigenvalue weighted by Gasteiger charge is -2.25. The molecule has 1 heterocycles. The molecule has 0 aliphatic heterocycles. The number of nitrogens with one attached hydrogen (secondary N) is 1. The van der Waals surface area contributed by atoms with Gasteiger partial charge in [-0.25, -0.2) is 4.98 Å². The third kappa shape index (κ3) is 3.67. The van der Waals surface area contributed by atoms with E-state index in [1.165, 1.54) is 0 Å². The van der Waals surface area contributed by atoms with Gasteiger partial charge in [-0.1, -0.05) is 20.8 Å². The molecular weight excluding hydrogens is 210 g/mol. The molecule has 4 heteroatoms. The van der Waals surface area contributed by atoms with Gasteiger partial charge in [0, 0.05) is 18.9 Å². The molecule has 0 saturated carbocycles. The summed E-state index contributed by atoms with van der Waals surface area (Å²) in [5.74, 6) is 0.812. The first kappa shape index (κ1) is 12.2. The molecule has 0 aliphatic carbocycles. The molecule has 1 atom stereocenters. The van der Waals surface area contributed by atoms with E-state index in [2.05, 4.69) is 36.1 Å². The average Bonchev–Trinajstić information content (AvgIpc) is 2.14. The SMILES string of the molecule is Cc1nccnc1NCC(Cl)C(C)(C)C. The van der Waals surface area contributed by atoms with Crippen molar-refractivity contribution in [3.05, 3.63) is 18.1 Å². The Hall–Kier alpha value is -0.830. The summed E-state index contributed by atoms with van der Waals surface area (Å²) in [4.78, 5) is 8.35. The Balaban J connectivity index is 2.55. The molecule has 0 fully saturated rings. The Bertz CT molecular complexity index is 320. The number of hydrogen-bond donors (Lipinski definition) is 1. The van der Waals surface area contributed by atoms with E-state index in [9.17, 15) is 0 Å². The van der Waals surface area contributed by atoms with Crippen LogP contribution in [-0.4, -0.2) is 21.9 Å². The van der Waals surface area contributed by atoms with Crippen molar-refractivity contribution in [2.75, 3.05) is 11.9 Å². The van der Waals surface area contributed by atoms with Gasteiger partial charge in [0.1, 0.15) is 5.82 Å². The Morgan fingerprint density at radius 2 is 1.93 bits per heavy atom. The lowest BCUT2D eigenvalue weighted by atomic mass is 9.92. The van der Waals surface area contributed by atoms with Gasteiger partial charge in [-0.3, -0.25) is 4.98 Å². The van der Waals surface area contributed by atoms with Crippen molar-refractivity contribution in [1.29, 1.82) is 0 Å². The molecule has 1 rings (SSSR count). The summed E-state index contributed by atoms with van der Waals surface area (Å²) in [5.41, 5.74) is 0.986. The number of hydrogen-bond acceptors (Lipinski definition) is 3. The van der Waals surface area contributed by atoms with E-state index < -0.39 is 0 Å². The largest absolute Gasteiger partial charge is 0.367 e. The number of anilines is 1. The lowest BCUT2D eigenvalue weighted by molar-refractivity contribution is 0.397. The van der Waals surface area contributed by atoms with Crippen molar-refractivity contribution in [2.24, 2.45) is 5.41 Å². The summed E-state index contributed by atoms with van der Waals surface area (Å²) in [6.45, 7) is 8.99. The molecule has 0 spiro atoms. The summed E-state index contributed by atoms with van der Waals surface area (Å²) in [7, 11) is 0.